The molecule has 0 spiro atoms. The fraction of sp³-hybridized carbons (Fsp3) is 0. The lowest BCUT2D eigenvalue weighted by atomic mass is 10.2. The van der Waals surface area contributed by atoms with E-state index in [-0.39, 0.29) is 23.4 Å². The van der Waals surface area contributed by atoms with Gasteiger partial charge in [0, 0.05) is 31.4 Å². The van der Waals surface area contributed by atoms with E-state index in [0.717, 1.165) is 20.3 Å². The molecule has 0 unspecified atom stereocenters. The van der Waals surface area contributed by atoms with Gasteiger partial charge in [-0.05, 0) is 60.7 Å². The lowest BCUT2D eigenvalue weighted by Crippen LogP contribution is -2.16. The summed E-state index contributed by atoms with van der Waals surface area (Å²) in [4.78, 5) is 15.5. The molecule has 5 aromatic rings. The molecule has 4 aromatic carbocycles. The van der Waals surface area contributed by atoms with Crippen LogP contribution in [0.15, 0.2) is 116 Å². The Kier molecular flexibility index (Phi) is 8.82. The van der Waals surface area contributed by atoms with Gasteiger partial charge in [0.05, 0.1) is 12.4 Å². The summed E-state index contributed by atoms with van der Waals surface area (Å²) in [6, 6.07) is 29.4. The number of rotatable bonds is 9. The highest BCUT2D eigenvalue weighted by Gasteiger charge is 2.17. The minimum absolute atomic E-state index is 0.0712. The number of nitrogens with one attached hydrogen (secondary N) is 2. The molecule has 0 aliphatic carbocycles. The number of aromatic hydroxyl groups is 2. The quantitative estimate of drug-likeness (QED) is 0.0957. The molecule has 5 rings (SSSR count). The third-order valence-electron chi connectivity index (χ3n) is 5.57. The number of phenols is 2. The minimum atomic E-state index is 0.0712. The van der Waals surface area contributed by atoms with Crippen LogP contribution in [0.5, 0.6) is 11.5 Å². The van der Waals surface area contributed by atoms with E-state index in [4.69, 9.17) is 0 Å². The standard InChI is InChI=1S/C29H22Br2N8O2/c30-21-11-13-25(40)19(15-21)17-32-37-27-34-28(38-33-18-20-16-22(31)12-14-26(20)41)36-29(35-27)39(23-7-3-1-4-8-23)24-9-5-2-6-10-24/h1-18,40-41H,(H2,34,35,36,37,38)/b32-17+,33-18+. The Morgan fingerprint density at radius 3 is 1.49 bits per heavy atom. The van der Waals surface area contributed by atoms with Crippen LogP contribution in [0.25, 0.3) is 0 Å². The van der Waals surface area contributed by atoms with Gasteiger partial charge in [0.2, 0.25) is 17.8 Å². The van der Waals surface area contributed by atoms with Crippen molar-refractivity contribution >= 4 is 73.5 Å². The maximum Gasteiger partial charge on any atom is 0.250 e. The van der Waals surface area contributed by atoms with Crippen molar-refractivity contribution in [3.8, 4) is 11.5 Å². The van der Waals surface area contributed by atoms with Gasteiger partial charge in [-0.3, -0.25) is 4.90 Å². The number of hydrazone groups is 2. The van der Waals surface area contributed by atoms with Gasteiger partial charge in [-0.25, -0.2) is 10.9 Å². The first-order valence-corrected chi connectivity index (χ1v) is 13.8. The molecule has 0 atom stereocenters. The summed E-state index contributed by atoms with van der Waals surface area (Å²) in [5.41, 5.74) is 8.28. The van der Waals surface area contributed by atoms with E-state index in [0.29, 0.717) is 17.1 Å². The van der Waals surface area contributed by atoms with Crippen molar-refractivity contribution in [3.63, 3.8) is 0 Å². The summed E-state index contributed by atoms with van der Waals surface area (Å²) >= 11 is 6.78. The van der Waals surface area contributed by atoms with E-state index in [2.05, 4.69) is 67.9 Å². The van der Waals surface area contributed by atoms with Crippen molar-refractivity contribution in [2.45, 2.75) is 0 Å². The molecule has 204 valence electrons. The Labute approximate surface area is 252 Å². The highest BCUT2D eigenvalue weighted by molar-refractivity contribution is 9.10. The van der Waals surface area contributed by atoms with Crippen LogP contribution in [0.1, 0.15) is 11.1 Å². The molecular weight excluding hydrogens is 652 g/mol. The van der Waals surface area contributed by atoms with Crippen LogP contribution in [0.3, 0.4) is 0 Å². The lowest BCUT2D eigenvalue weighted by molar-refractivity contribution is 0.474. The van der Waals surface area contributed by atoms with Crippen LogP contribution in [0.4, 0.5) is 29.2 Å². The number of hydrogen-bond donors (Lipinski definition) is 4. The Hall–Kier alpha value is -4.81. The molecule has 1 aromatic heterocycles. The first-order valence-electron chi connectivity index (χ1n) is 12.2. The van der Waals surface area contributed by atoms with Crippen LogP contribution in [0.2, 0.25) is 0 Å². The number of nitrogens with zero attached hydrogens (tertiary/aromatic N) is 6. The number of benzene rings is 4. The molecule has 0 saturated heterocycles. The maximum atomic E-state index is 10.1. The topological polar surface area (TPSA) is 131 Å². The third kappa shape index (κ3) is 7.24. The van der Waals surface area contributed by atoms with Gasteiger partial charge in [0.15, 0.2) is 0 Å². The third-order valence-corrected chi connectivity index (χ3v) is 6.55. The maximum absolute atomic E-state index is 10.1. The molecule has 0 bridgehead atoms. The van der Waals surface area contributed by atoms with Crippen molar-refractivity contribution in [2.75, 3.05) is 15.8 Å². The number of anilines is 5. The van der Waals surface area contributed by atoms with E-state index >= 15 is 0 Å². The van der Waals surface area contributed by atoms with Crippen LogP contribution < -0.4 is 15.8 Å². The predicted octanol–water partition coefficient (Wildman–Crippen LogP) is 7.17. The van der Waals surface area contributed by atoms with Crippen LogP contribution in [-0.4, -0.2) is 37.6 Å². The van der Waals surface area contributed by atoms with E-state index < -0.39 is 0 Å². The highest BCUT2D eigenvalue weighted by atomic mass is 79.9. The van der Waals surface area contributed by atoms with E-state index in [1.54, 1.807) is 36.4 Å². The Morgan fingerprint density at radius 1 is 0.610 bits per heavy atom. The smallest absolute Gasteiger partial charge is 0.250 e. The van der Waals surface area contributed by atoms with Crippen LogP contribution in [-0.2, 0) is 0 Å². The fourth-order valence-corrected chi connectivity index (χ4v) is 4.43. The Balaban J connectivity index is 1.52. The van der Waals surface area contributed by atoms with Gasteiger partial charge in [-0.2, -0.15) is 25.2 Å². The summed E-state index contributed by atoms with van der Waals surface area (Å²) in [7, 11) is 0. The van der Waals surface area contributed by atoms with E-state index in [1.807, 2.05) is 65.6 Å². The van der Waals surface area contributed by atoms with Gasteiger partial charge in [-0.15, -0.1) is 0 Å². The minimum Gasteiger partial charge on any atom is -0.507 e. The highest BCUT2D eigenvalue weighted by Crippen LogP contribution is 2.32. The molecule has 10 nitrogen and oxygen atoms in total. The Morgan fingerprint density at radius 2 is 1.05 bits per heavy atom. The van der Waals surface area contributed by atoms with Gasteiger partial charge >= 0.3 is 0 Å². The van der Waals surface area contributed by atoms with Crippen LogP contribution >= 0.6 is 31.9 Å². The second-order valence-electron chi connectivity index (χ2n) is 8.44. The van der Waals surface area contributed by atoms with E-state index in [9.17, 15) is 10.2 Å². The first-order chi connectivity index (χ1) is 20.0. The van der Waals surface area contributed by atoms with Gasteiger partial charge in [0.1, 0.15) is 11.5 Å². The van der Waals surface area contributed by atoms with Gasteiger partial charge in [0.25, 0.3) is 0 Å². The predicted molar refractivity (Wildman–Crippen MR) is 169 cm³/mol. The lowest BCUT2D eigenvalue weighted by Gasteiger charge is -2.23. The molecule has 4 N–H and O–H groups in total. The molecule has 0 radical (unpaired) electrons. The molecule has 0 fully saturated rings. The average molecular weight is 674 g/mol. The number of aromatic nitrogens is 3. The zero-order chi connectivity index (χ0) is 28.6. The van der Waals surface area contributed by atoms with Crippen molar-refractivity contribution in [1.82, 2.24) is 15.0 Å². The zero-order valence-electron chi connectivity index (χ0n) is 21.2. The van der Waals surface area contributed by atoms with E-state index in [1.165, 1.54) is 12.4 Å². The molecule has 12 heteroatoms. The number of halogens is 2. The monoisotopic (exact) mass is 672 g/mol. The van der Waals surface area contributed by atoms with Crippen molar-refractivity contribution in [3.05, 3.63) is 117 Å². The molecule has 0 aliphatic heterocycles. The summed E-state index contributed by atoms with van der Waals surface area (Å²) in [6.45, 7) is 0. The summed E-state index contributed by atoms with van der Waals surface area (Å²) in [6.07, 6.45) is 2.91. The largest absolute Gasteiger partial charge is 0.507 e. The molecule has 1 heterocycles. The summed E-state index contributed by atoms with van der Waals surface area (Å²) in [5, 5.41) is 28.7. The zero-order valence-corrected chi connectivity index (χ0v) is 24.4. The average Bonchev–Trinajstić information content (AvgIpc) is 2.98. The molecule has 0 aliphatic rings. The molecule has 0 amide bonds. The first kappa shape index (κ1) is 27.7. The molecule has 41 heavy (non-hydrogen) atoms. The number of phenolic OH excluding ortho intramolecular Hbond substituents is 2. The number of hydrogen-bond acceptors (Lipinski definition) is 10. The van der Waals surface area contributed by atoms with Crippen LogP contribution in [0, 0.1) is 0 Å². The summed E-state index contributed by atoms with van der Waals surface area (Å²) < 4.78 is 1.59. The normalized spacial score (nSPS) is 11.2. The second kappa shape index (κ2) is 13.0. The number of para-hydroxylation sites is 2. The fourth-order valence-electron chi connectivity index (χ4n) is 3.68. The van der Waals surface area contributed by atoms with Crippen molar-refractivity contribution in [2.24, 2.45) is 10.2 Å². The molecule has 0 saturated carbocycles. The van der Waals surface area contributed by atoms with Gasteiger partial charge < -0.3 is 10.2 Å². The second-order valence-corrected chi connectivity index (χ2v) is 10.3. The van der Waals surface area contributed by atoms with Crippen molar-refractivity contribution in [1.29, 1.82) is 0 Å². The summed E-state index contributed by atoms with van der Waals surface area (Å²) in [5.74, 6) is 0.688. The SMILES string of the molecule is Oc1ccc(Br)cc1/C=N/Nc1nc(N/N=C/c2cc(Br)ccc2O)nc(N(c2ccccc2)c2ccccc2)n1. The Bertz CT molecular complexity index is 1580. The molecular formula is C29H22Br2N8O2. The van der Waals surface area contributed by atoms with Crippen molar-refractivity contribution < 1.29 is 10.2 Å². The van der Waals surface area contributed by atoms with Gasteiger partial charge in [-0.1, -0.05) is 68.3 Å².